The molecule has 0 aromatic rings. The lowest BCUT2D eigenvalue weighted by Crippen LogP contribution is -2.43. The molecule has 0 spiro atoms. The average molecular weight is 681 g/mol. The molecule has 0 aromatic heterocycles. The van der Waals surface area contributed by atoms with Gasteiger partial charge in [0.15, 0.2) is 0 Å². The zero-order valence-electron chi connectivity index (χ0n) is 30.8. The van der Waals surface area contributed by atoms with Gasteiger partial charge in [-0.3, -0.25) is 9.80 Å². The minimum Gasteiger partial charge on any atom is -0.377 e. The molecular weight excluding hydrogens is 609 g/mol. The molecule has 270 valence electrons. The van der Waals surface area contributed by atoms with Gasteiger partial charge in [0, 0.05) is 79.9 Å². The summed E-state index contributed by atoms with van der Waals surface area (Å²) < 4.78 is 33.5. The highest BCUT2D eigenvalue weighted by atomic mass is 28.4. The molecule has 0 aromatic carbocycles. The normalized spacial score (nSPS) is 16.8. The van der Waals surface area contributed by atoms with Crippen LogP contribution in [0.4, 0.5) is 0 Å². The molecule has 12 nitrogen and oxygen atoms in total. The van der Waals surface area contributed by atoms with Crippen LogP contribution in [0.1, 0.15) is 51.4 Å². The standard InChI is InChI=1S/C31H72N6O6Si2/c1-34(2)23-17-30(32-19-13-27-44(38-5,39-6)40-7)15-11-21-36-25-26-37(29-36)22-12-16-31(18-24-35(3)4)33-20-14-28-45(41-8,42-9)43-10/h30-33H,11-29H2,1-10H3. The highest BCUT2D eigenvalue weighted by Gasteiger charge is 2.37. The lowest BCUT2D eigenvalue weighted by molar-refractivity contribution is 0.122. The summed E-state index contributed by atoms with van der Waals surface area (Å²) >= 11 is 0. The smallest absolute Gasteiger partial charge is 0.377 e. The Balaban J connectivity index is 2.40. The second-order valence-corrected chi connectivity index (χ2v) is 19.1. The molecule has 1 aliphatic rings. The van der Waals surface area contributed by atoms with Crippen LogP contribution in [0.2, 0.25) is 12.1 Å². The molecule has 2 atom stereocenters. The fourth-order valence-corrected chi connectivity index (χ4v) is 9.50. The average Bonchev–Trinajstić information content (AvgIpc) is 3.49. The first-order valence-electron chi connectivity index (χ1n) is 17.1. The molecule has 0 amide bonds. The molecule has 0 bridgehead atoms. The summed E-state index contributed by atoms with van der Waals surface area (Å²) in [7, 11) is 13.8. The van der Waals surface area contributed by atoms with E-state index in [1.807, 2.05) is 0 Å². The highest BCUT2D eigenvalue weighted by Crippen LogP contribution is 2.17. The van der Waals surface area contributed by atoms with E-state index in [0.717, 1.165) is 70.6 Å². The van der Waals surface area contributed by atoms with Crippen molar-refractivity contribution in [2.24, 2.45) is 0 Å². The minimum absolute atomic E-state index is 0.527. The van der Waals surface area contributed by atoms with Gasteiger partial charge < -0.3 is 47.0 Å². The molecule has 45 heavy (non-hydrogen) atoms. The number of nitrogens with one attached hydrogen (secondary N) is 2. The van der Waals surface area contributed by atoms with Crippen molar-refractivity contribution in [3.05, 3.63) is 0 Å². The van der Waals surface area contributed by atoms with E-state index in [2.05, 4.69) is 58.4 Å². The molecule has 1 aliphatic heterocycles. The van der Waals surface area contributed by atoms with E-state index in [1.165, 1.54) is 51.9 Å². The molecule has 1 rings (SSSR count). The Kier molecular flexibility index (Phi) is 23.9. The molecule has 2 unspecified atom stereocenters. The fraction of sp³-hybridized carbons (Fsp3) is 1.00. The van der Waals surface area contributed by atoms with Crippen LogP contribution in [-0.2, 0) is 26.6 Å². The van der Waals surface area contributed by atoms with Crippen molar-refractivity contribution >= 4 is 17.6 Å². The van der Waals surface area contributed by atoms with Crippen molar-refractivity contribution in [3.63, 3.8) is 0 Å². The van der Waals surface area contributed by atoms with Crippen molar-refractivity contribution < 1.29 is 26.6 Å². The van der Waals surface area contributed by atoms with Crippen LogP contribution in [0.5, 0.6) is 0 Å². The molecule has 0 aliphatic carbocycles. The van der Waals surface area contributed by atoms with Crippen molar-refractivity contribution in [1.82, 2.24) is 30.2 Å². The van der Waals surface area contributed by atoms with Gasteiger partial charge in [0.25, 0.3) is 0 Å². The second kappa shape index (κ2) is 25.0. The Labute approximate surface area is 279 Å². The Morgan fingerprint density at radius 3 is 1.22 bits per heavy atom. The van der Waals surface area contributed by atoms with Gasteiger partial charge in [-0.05, 0) is 119 Å². The van der Waals surface area contributed by atoms with E-state index in [4.69, 9.17) is 26.6 Å². The van der Waals surface area contributed by atoms with Gasteiger partial charge in [-0.2, -0.15) is 0 Å². The SMILES string of the molecule is CO[Si](CCCNC(CCCN1CCN(CCCC(CCN(C)C)NCCC[Si](OC)(OC)OC)C1)CCN(C)C)(OC)OC. The Morgan fingerprint density at radius 2 is 0.911 bits per heavy atom. The monoisotopic (exact) mass is 681 g/mol. The fourth-order valence-electron chi connectivity index (χ4n) is 6.05. The van der Waals surface area contributed by atoms with E-state index in [-0.39, 0.29) is 0 Å². The van der Waals surface area contributed by atoms with Crippen molar-refractivity contribution in [2.45, 2.75) is 75.5 Å². The topological polar surface area (TPSA) is 92.4 Å². The Hall–Kier alpha value is -0.0462. The molecule has 1 heterocycles. The molecule has 1 fully saturated rings. The van der Waals surface area contributed by atoms with Crippen LogP contribution >= 0.6 is 0 Å². The van der Waals surface area contributed by atoms with Gasteiger partial charge in [0.05, 0.1) is 6.67 Å². The van der Waals surface area contributed by atoms with Crippen LogP contribution in [0.3, 0.4) is 0 Å². The van der Waals surface area contributed by atoms with Gasteiger partial charge in [0.1, 0.15) is 0 Å². The zero-order chi connectivity index (χ0) is 33.6. The zero-order valence-corrected chi connectivity index (χ0v) is 32.8. The van der Waals surface area contributed by atoms with Gasteiger partial charge in [-0.1, -0.05) is 0 Å². The molecule has 0 radical (unpaired) electrons. The number of hydrogen-bond donors (Lipinski definition) is 2. The van der Waals surface area contributed by atoms with E-state index in [0.29, 0.717) is 12.1 Å². The van der Waals surface area contributed by atoms with Crippen LogP contribution in [0.15, 0.2) is 0 Å². The number of hydrogen-bond acceptors (Lipinski definition) is 12. The quantitative estimate of drug-likeness (QED) is 0.0863. The molecule has 1 saturated heterocycles. The first-order valence-corrected chi connectivity index (χ1v) is 21.0. The molecule has 2 N–H and O–H groups in total. The Morgan fingerprint density at radius 1 is 0.556 bits per heavy atom. The molecule has 0 saturated carbocycles. The van der Waals surface area contributed by atoms with E-state index >= 15 is 0 Å². The minimum atomic E-state index is -2.50. The van der Waals surface area contributed by atoms with Crippen LogP contribution in [0.25, 0.3) is 0 Å². The third-order valence-corrected chi connectivity index (χ3v) is 14.8. The molecule has 14 heteroatoms. The van der Waals surface area contributed by atoms with Crippen LogP contribution in [-0.4, -0.2) is 179 Å². The predicted octanol–water partition coefficient (Wildman–Crippen LogP) is 2.48. The Bertz CT molecular complexity index is 637. The summed E-state index contributed by atoms with van der Waals surface area (Å²) in [5.41, 5.74) is 0. The predicted molar refractivity (Wildman–Crippen MR) is 189 cm³/mol. The maximum atomic E-state index is 5.58. The van der Waals surface area contributed by atoms with Crippen molar-refractivity contribution in [1.29, 1.82) is 0 Å². The maximum Gasteiger partial charge on any atom is 0.500 e. The van der Waals surface area contributed by atoms with E-state index in [9.17, 15) is 0 Å². The summed E-state index contributed by atoms with van der Waals surface area (Å²) in [5, 5.41) is 7.64. The van der Waals surface area contributed by atoms with Gasteiger partial charge >= 0.3 is 17.6 Å². The highest BCUT2D eigenvalue weighted by molar-refractivity contribution is 6.60. The number of nitrogens with zero attached hydrogens (tertiary/aromatic N) is 4. The summed E-state index contributed by atoms with van der Waals surface area (Å²) in [4.78, 5) is 9.83. The third kappa shape index (κ3) is 18.3. The lowest BCUT2D eigenvalue weighted by atomic mass is 10.1. The van der Waals surface area contributed by atoms with Crippen molar-refractivity contribution in [2.75, 3.05) is 130 Å². The summed E-state index contributed by atoms with van der Waals surface area (Å²) in [6.07, 6.45) is 9.16. The number of rotatable bonds is 30. The lowest BCUT2D eigenvalue weighted by Gasteiger charge is -2.26. The van der Waals surface area contributed by atoms with E-state index < -0.39 is 17.6 Å². The largest absolute Gasteiger partial charge is 0.500 e. The first kappa shape index (κ1) is 43.0. The van der Waals surface area contributed by atoms with Crippen molar-refractivity contribution in [3.8, 4) is 0 Å². The second-order valence-electron chi connectivity index (χ2n) is 12.9. The van der Waals surface area contributed by atoms with E-state index in [1.54, 1.807) is 42.7 Å². The van der Waals surface area contributed by atoms with Gasteiger partial charge in [0.2, 0.25) is 0 Å². The van der Waals surface area contributed by atoms with Crippen LogP contribution < -0.4 is 10.6 Å². The van der Waals surface area contributed by atoms with Crippen LogP contribution in [0, 0.1) is 0 Å². The van der Waals surface area contributed by atoms with Gasteiger partial charge in [-0.15, -0.1) is 0 Å². The molecular formula is C31H72N6O6Si2. The summed E-state index contributed by atoms with van der Waals surface area (Å²) in [6.45, 7) is 9.92. The van der Waals surface area contributed by atoms with Gasteiger partial charge in [-0.25, -0.2) is 0 Å². The summed E-state index contributed by atoms with van der Waals surface area (Å²) in [5.74, 6) is 0. The third-order valence-electron chi connectivity index (χ3n) is 9.09. The summed E-state index contributed by atoms with van der Waals surface area (Å²) in [6, 6.07) is 2.72. The first-order chi connectivity index (χ1) is 21.6. The maximum absolute atomic E-state index is 5.58.